The summed E-state index contributed by atoms with van der Waals surface area (Å²) in [6.45, 7) is 1.41. The molecule has 1 fully saturated rings. The van der Waals surface area contributed by atoms with Crippen LogP contribution in [0.3, 0.4) is 0 Å². The number of carbonyl (C=O) groups excluding carboxylic acids is 2. The molecule has 1 aromatic heterocycles. The number of aromatic nitrogens is 2. The van der Waals surface area contributed by atoms with Crippen molar-refractivity contribution in [3.8, 4) is 0 Å². The number of nitrogens with one attached hydrogen (secondary N) is 1. The van der Waals surface area contributed by atoms with E-state index in [1.807, 2.05) is 16.8 Å². The zero-order chi connectivity index (χ0) is 27.9. The summed E-state index contributed by atoms with van der Waals surface area (Å²) in [5.74, 6) is -0.926. The summed E-state index contributed by atoms with van der Waals surface area (Å²) in [6, 6.07) is 8.96. The normalized spacial score (nSPS) is 19.6. The van der Waals surface area contributed by atoms with Gasteiger partial charge in [0, 0.05) is 36.6 Å². The summed E-state index contributed by atoms with van der Waals surface area (Å²) < 4.78 is 41.8. The molecule has 2 amide bonds. The highest BCUT2D eigenvalue weighted by Crippen LogP contribution is 2.41. The monoisotopic (exact) mass is 576 g/mol. The number of amides is 2. The number of hydrogen-bond acceptors (Lipinski definition) is 6. The third-order valence-electron chi connectivity index (χ3n) is 6.87. The Morgan fingerprint density at radius 3 is 2.82 bits per heavy atom. The van der Waals surface area contributed by atoms with Crippen LogP contribution in [0.25, 0.3) is 16.5 Å². The predicted molar refractivity (Wildman–Crippen MR) is 145 cm³/mol. The van der Waals surface area contributed by atoms with Crippen LogP contribution in [0.2, 0.25) is 5.02 Å². The maximum Gasteiger partial charge on any atom is 0.416 e. The molecule has 1 atom stereocenters. The van der Waals surface area contributed by atoms with Crippen molar-refractivity contribution >= 4 is 56.8 Å². The number of amidine groups is 1. The van der Waals surface area contributed by atoms with Crippen molar-refractivity contribution in [3.63, 3.8) is 0 Å². The first-order chi connectivity index (χ1) is 18.5. The number of allylic oxidation sites excluding steroid dienone is 1. The molecule has 2 aliphatic rings. The number of benzene rings is 2. The first-order valence-electron chi connectivity index (χ1n) is 12.1. The van der Waals surface area contributed by atoms with Crippen LogP contribution in [0.1, 0.15) is 23.1 Å². The van der Waals surface area contributed by atoms with Gasteiger partial charge in [-0.15, -0.1) is 0 Å². The van der Waals surface area contributed by atoms with Gasteiger partial charge in [-0.25, -0.2) is 0 Å². The molecule has 0 spiro atoms. The van der Waals surface area contributed by atoms with Gasteiger partial charge in [-0.3, -0.25) is 19.6 Å². The molecule has 39 heavy (non-hydrogen) atoms. The number of thioether (sulfide) groups is 1. The smallest absolute Gasteiger partial charge is 0.369 e. The highest BCUT2D eigenvalue weighted by atomic mass is 35.5. The van der Waals surface area contributed by atoms with Gasteiger partial charge in [0.25, 0.3) is 5.91 Å². The number of aliphatic imine (C=N–C) groups is 1. The van der Waals surface area contributed by atoms with Gasteiger partial charge >= 0.3 is 6.18 Å². The van der Waals surface area contributed by atoms with E-state index < -0.39 is 23.6 Å². The van der Waals surface area contributed by atoms with Crippen molar-refractivity contribution < 1.29 is 22.8 Å². The zero-order valence-electron chi connectivity index (χ0n) is 20.8. The summed E-state index contributed by atoms with van der Waals surface area (Å²) in [6.07, 6.45) is -2.42. The molecular formula is C26H24ClF3N6O2S. The number of rotatable bonds is 6. The Labute approximate surface area is 231 Å². The van der Waals surface area contributed by atoms with E-state index in [0.29, 0.717) is 29.4 Å². The van der Waals surface area contributed by atoms with Crippen LogP contribution in [0.4, 0.5) is 13.2 Å². The molecule has 3 heterocycles. The fourth-order valence-electron chi connectivity index (χ4n) is 4.89. The van der Waals surface area contributed by atoms with Crippen molar-refractivity contribution in [2.75, 3.05) is 26.7 Å². The van der Waals surface area contributed by atoms with E-state index in [1.165, 1.54) is 12.1 Å². The number of likely N-dealkylation sites (N-methyl/N-ethyl adjacent to an activating group) is 1. The zero-order valence-corrected chi connectivity index (χ0v) is 22.3. The SMILES string of the molecule is CN(C1=NC(=O)C(=C(Cc2ccc(Cl)cc2C(F)(F)F)c2ccc3[nH]ncc3c2)S1)[C@@H]1CCN(CC(N)=O)C1. The number of alkyl halides is 3. The van der Waals surface area contributed by atoms with E-state index in [1.54, 1.807) is 24.4 Å². The quantitative estimate of drug-likeness (QED) is 0.424. The van der Waals surface area contributed by atoms with Gasteiger partial charge in [0.15, 0.2) is 5.17 Å². The lowest BCUT2D eigenvalue weighted by Crippen LogP contribution is -2.39. The number of aromatic amines is 1. The molecule has 0 saturated carbocycles. The van der Waals surface area contributed by atoms with E-state index in [9.17, 15) is 22.8 Å². The van der Waals surface area contributed by atoms with E-state index in [2.05, 4.69) is 15.2 Å². The van der Waals surface area contributed by atoms with Gasteiger partial charge in [-0.05, 0) is 65.6 Å². The van der Waals surface area contributed by atoms with Crippen molar-refractivity contribution in [1.29, 1.82) is 0 Å². The molecule has 5 rings (SSSR count). The molecule has 3 aromatic rings. The average molecular weight is 577 g/mol. The summed E-state index contributed by atoms with van der Waals surface area (Å²) in [5, 5.41) is 8.06. The highest BCUT2D eigenvalue weighted by molar-refractivity contribution is 8.18. The first kappa shape index (κ1) is 27.2. The number of H-pyrrole nitrogens is 1. The fourth-order valence-corrected chi connectivity index (χ4v) is 6.11. The summed E-state index contributed by atoms with van der Waals surface area (Å²) in [4.78, 5) is 32.9. The Bertz CT molecular complexity index is 1520. The first-order valence-corrected chi connectivity index (χ1v) is 13.3. The molecule has 204 valence electrons. The second-order valence-electron chi connectivity index (χ2n) is 9.51. The molecule has 3 N–H and O–H groups in total. The molecule has 0 bridgehead atoms. The van der Waals surface area contributed by atoms with E-state index in [4.69, 9.17) is 17.3 Å². The average Bonchev–Trinajstić information content (AvgIpc) is 3.61. The maximum absolute atomic E-state index is 13.9. The minimum absolute atomic E-state index is 0.00146. The largest absolute Gasteiger partial charge is 0.416 e. The van der Waals surface area contributed by atoms with Crippen molar-refractivity contribution in [2.45, 2.75) is 25.1 Å². The fraction of sp³-hybridized carbons (Fsp3) is 0.308. The molecular weight excluding hydrogens is 553 g/mol. The summed E-state index contributed by atoms with van der Waals surface area (Å²) in [7, 11) is 1.82. The summed E-state index contributed by atoms with van der Waals surface area (Å²) >= 11 is 7.04. The van der Waals surface area contributed by atoms with Crippen LogP contribution in [0.5, 0.6) is 0 Å². The standard InChI is InChI=1S/C26H24ClF3N6O2S/c1-35(18-6-7-36(12-18)13-22(31)37)25-33-24(38)23(39-25)19(14-3-5-21-16(8-14)11-32-34-21)9-15-2-4-17(27)10-20(15)26(28,29)30/h2-5,8,10-11,18H,6-7,9,12-13H2,1H3,(H2,31,37)(H,32,34)/t18-/m1/s1. The van der Waals surface area contributed by atoms with Crippen molar-refractivity contribution in [3.05, 3.63) is 69.2 Å². The number of likely N-dealkylation sites (tertiary alicyclic amines) is 1. The lowest BCUT2D eigenvalue weighted by molar-refractivity contribution is -0.138. The van der Waals surface area contributed by atoms with Gasteiger partial charge < -0.3 is 10.6 Å². The lowest BCUT2D eigenvalue weighted by atomic mass is 9.93. The minimum Gasteiger partial charge on any atom is -0.369 e. The van der Waals surface area contributed by atoms with Crippen molar-refractivity contribution in [1.82, 2.24) is 20.0 Å². The number of fused-ring (bicyclic) bond motifs is 1. The predicted octanol–water partition coefficient (Wildman–Crippen LogP) is 4.31. The van der Waals surface area contributed by atoms with Crippen LogP contribution in [-0.4, -0.2) is 69.7 Å². The van der Waals surface area contributed by atoms with Crippen LogP contribution >= 0.6 is 23.4 Å². The molecule has 0 aliphatic carbocycles. The van der Waals surface area contributed by atoms with Crippen LogP contribution in [-0.2, 0) is 22.2 Å². The third kappa shape index (κ3) is 5.82. The van der Waals surface area contributed by atoms with Gasteiger partial charge in [-0.2, -0.15) is 23.3 Å². The molecule has 8 nitrogen and oxygen atoms in total. The molecule has 0 radical (unpaired) electrons. The number of hydrogen-bond donors (Lipinski definition) is 2. The number of primary amides is 1. The third-order valence-corrected chi connectivity index (χ3v) is 8.29. The van der Waals surface area contributed by atoms with E-state index >= 15 is 0 Å². The Morgan fingerprint density at radius 2 is 2.08 bits per heavy atom. The van der Waals surface area contributed by atoms with Gasteiger partial charge in [0.2, 0.25) is 5.91 Å². The topological polar surface area (TPSA) is 108 Å². The number of carbonyl (C=O) groups is 2. The van der Waals surface area contributed by atoms with Crippen LogP contribution in [0.15, 0.2) is 52.5 Å². The van der Waals surface area contributed by atoms with E-state index in [-0.39, 0.29) is 34.5 Å². The number of nitrogens with two attached hydrogens (primary N) is 1. The molecule has 2 aliphatic heterocycles. The molecule has 1 saturated heterocycles. The molecule has 0 unspecified atom stereocenters. The van der Waals surface area contributed by atoms with Gasteiger partial charge in [0.05, 0.1) is 28.7 Å². The molecule has 13 heteroatoms. The van der Waals surface area contributed by atoms with Crippen molar-refractivity contribution in [2.24, 2.45) is 10.7 Å². The Morgan fingerprint density at radius 1 is 1.28 bits per heavy atom. The Kier molecular flexibility index (Phi) is 7.45. The van der Waals surface area contributed by atoms with E-state index in [0.717, 1.165) is 35.2 Å². The second kappa shape index (κ2) is 10.7. The van der Waals surface area contributed by atoms with Crippen LogP contribution in [0, 0.1) is 0 Å². The Hall–Kier alpha value is -3.35. The maximum atomic E-state index is 13.9. The molecule has 2 aromatic carbocycles. The van der Waals surface area contributed by atoms with Gasteiger partial charge in [-0.1, -0.05) is 23.7 Å². The Balaban J connectivity index is 1.51. The number of halogens is 4. The lowest BCUT2D eigenvalue weighted by Gasteiger charge is -2.25. The second-order valence-corrected chi connectivity index (χ2v) is 10.9. The summed E-state index contributed by atoms with van der Waals surface area (Å²) in [5.41, 5.74) is 6.24. The highest BCUT2D eigenvalue weighted by Gasteiger charge is 2.36. The number of nitrogens with zero attached hydrogens (tertiary/aromatic N) is 4. The van der Waals surface area contributed by atoms with Crippen LogP contribution < -0.4 is 5.73 Å². The minimum atomic E-state index is -4.63. The van der Waals surface area contributed by atoms with Gasteiger partial charge in [0.1, 0.15) is 0 Å².